The number of hydrogen-bond acceptors (Lipinski definition) is 3. The summed E-state index contributed by atoms with van der Waals surface area (Å²) in [5.41, 5.74) is 9.87. The number of nitrogens with zero attached hydrogens (tertiary/aromatic N) is 4. The summed E-state index contributed by atoms with van der Waals surface area (Å²) in [7, 11) is 0. The lowest BCUT2D eigenvalue weighted by Crippen LogP contribution is -1.91. The molecule has 174 valence electrons. The first-order valence-electron chi connectivity index (χ1n) is 12.3. The van der Waals surface area contributed by atoms with Gasteiger partial charge >= 0.3 is 0 Å². The van der Waals surface area contributed by atoms with Gasteiger partial charge in [0.1, 0.15) is 6.33 Å². The van der Waals surface area contributed by atoms with E-state index in [9.17, 15) is 0 Å². The molecule has 3 heterocycles. The van der Waals surface area contributed by atoms with E-state index in [4.69, 9.17) is 0 Å². The van der Waals surface area contributed by atoms with Crippen LogP contribution in [0, 0.1) is 0 Å². The van der Waals surface area contributed by atoms with Crippen LogP contribution in [0.4, 0.5) is 0 Å². The highest BCUT2D eigenvalue weighted by molar-refractivity contribution is 6.02. The van der Waals surface area contributed by atoms with Gasteiger partial charge in [-0.3, -0.25) is 9.38 Å². The molecule has 0 aliphatic heterocycles. The van der Waals surface area contributed by atoms with E-state index in [1.54, 1.807) is 6.33 Å². The van der Waals surface area contributed by atoms with E-state index in [1.807, 2.05) is 28.8 Å². The first-order valence-corrected chi connectivity index (χ1v) is 12.3. The van der Waals surface area contributed by atoms with Crippen LogP contribution in [0.25, 0.3) is 61.1 Å². The van der Waals surface area contributed by atoms with Crippen molar-refractivity contribution in [3.05, 3.63) is 134 Å². The fraction of sp³-hybridized carbons (Fsp3) is 0. The minimum absolute atomic E-state index is 0.864. The smallest absolute Gasteiger partial charge is 0.169 e. The van der Waals surface area contributed by atoms with E-state index < -0.39 is 0 Å². The zero-order valence-electron chi connectivity index (χ0n) is 20.0. The summed E-state index contributed by atoms with van der Waals surface area (Å²) in [4.78, 5) is 4.56. The van der Waals surface area contributed by atoms with E-state index in [-0.39, 0.29) is 0 Å². The van der Waals surface area contributed by atoms with Crippen molar-refractivity contribution < 1.29 is 0 Å². The zero-order chi connectivity index (χ0) is 24.6. The number of pyridine rings is 2. The molecular formula is C33H22N4. The van der Waals surface area contributed by atoms with Gasteiger partial charge in [-0.1, -0.05) is 103 Å². The third-order valence-corrected chi connectivity index (χ3v) is 6.86. The Labute approximate surface area is 214 Å². The average molecular weight is 475 g/mol. The molecule has 4 aromatic carbocycles. The molecule has 0 amide bonds. The molecular weight excluding hydrogens is 452 g/mol. The van der Waals surface area contributed by atoms with Gasteiger partial charge in [-0.25, -0.2) is 0 Å². The Morgan fingerprint density at radius 1 is 0.541 bits per heavy atom. The molecule has 0 unspecified atom stereocenters. The van der Waals surface area contributed by atoms with Crippen LogP contribution in [0.3, 0.4) is 0 Å². The minimum Gasteiger partial charge on any atom is -0.288 e. The van der Waals surface area contributed by atoms with Crippen molar-refractivity contribution in [2.75, 3.05) is 0 Å². The van der Waals surface area contributed by atoms with Gasteiger partial charge in [0.15, 0.2) is 5.65 Å². The van der Waals surface area contributed by atoms with Crippen LogP contribution in [-0.4, -0.2) is 19.6 Å². The quantitative estimate of drug-likeness (QED) is 0.260. The number of hydrogen-bond donors (Lipinski definition) is 0. The van der Waals surface area contributed by atoms with E-state index in [1.165, 1.54) is 22.1 Å². The van der Waals surface area contributed by atoms with Crippen LogP contribution in [0.2, 0.25) is 0 Å². The first-order chi connectivity index (χ1) is 18.3. The standard InChI is InChI=1S/C33H22N4/c1-2-6-26(7-3-1)31-20-28(18-19-34-31)25-12-10-23(11-13-25)24-14-16-27(17-15-24)32-30-9-5-4-8-29(30)21-37-22-35-36-33(32)37/h1-22H. The monoisotopic (exact) mass is 474 g/mol. The average Bonchev–Trinajstić information content (AvgIpc) is 3.45. The lowest BCUT2D eigenvalue weighted by Gasteiger charge is -2.10. The predicted octanol–water partition coefficient (Wildman–Crippen LogP) is 7.95. The fourth-order valence-electron chi connectivity index (χ4n) is 4.97. The van der Waals surface area contributed by atoms with E-state index in [0.29, 0.717) is 0 Å². The number of benzene rings is 4. The van der Waals surface area contributed by atoms with Gasteiger partial charge in [-0.2, -0.15) is 0 Å². The Balaban J connectivity index is 1.21. The van der Waals surface area contributed by atoms with E-state index in [0.717, 1.165) is 39.0 Å². The molecule has 4 nitrogen and oxygen atoms in total. The summed E-state index contributed by atoms with van der Waals surface area (Å²) in [6.45, 7) is 0. The Kier molecular flexibility index (Phi) is 5.07. The van der Waals surface area contributed by atoms with Crippen molar-refractivity contribution >= 4 is 16.4 Å². The van der Waals surface area contributed by atoms with Crippen LogP contribution in [0.15, 0.2) is 134 Å². The van der Waals surface area contributed by atoms with Crippen molar-refractivity contribution in [3.63, 3.8) is 0 Å². The third kappa shape index (κ3) is 3.85. The highest BCUT2D eigenvalue weighted by Crippen LogP contribution is 2.34. The Bertz CT molecular complexity index is 1850. The summed E-state index contributed by atoms with van der Waals surface area (Å²) in [6.07, 6.45) is 5.71. The maximum Gasteiger partial charge on any atom is 0.169 e. The van der Waals surface area contributed by atoms with Gasteiger partial charge in [-0.05, 0) is 50.7 Å². The topological polar surface area (TPSA) is 43.1 Å². The third-order valence-electron chi connectivity index (χ3n) is 6.86. The van der Waals surface area contributed by atoms with Gasteiger partial charge < -0.3 is 0 Å². The number of aromatic nitrogens is 4. The molecule has 0 atom stereocenters. The Morgan fingerprint density at radius 3 is 1.95 bits per heavy atom. The zero-order valence-corrected chi connectivity index (χ0v) is 20.0. The molecule has 0 aliphatic rings. The second kappa shape index (κ2) is 8.85. The van der Waals surface area contributed by atoms with Gasteiger partial charge in [0, 0.05) is 23.5 Å². The Hall–Kier alpha value is -5.09. The van der Waals surface area contributed by atoms with Crippen molar-refractivity contribution in [1.29, 1.82) is 0 Å². The van der Waals surface area contributed by atoms with Crippen LogP contribution < -0.4 is 0 Å². The molecule has 37 heavy (non-hydrogen) atoms. The fourth-order valence-corrected chi connectivity index (χ4v) is 4.97. The first kappa shape index (κ1) is 21.2. The van der Waals surface area contributed by atoms with Gasteiger partial charge in [0.2, 0.25) is 0 Å². The highest BCUT2D eigenvalue weighted by atomic mass is 15.2. The van der Waals surface area contributed by atoms with E-state index in [2.05, 4.69) is 118 Å². The molecule has 4 heteroatoms. The maximum atomic E-state index is 4.56. The number of fused-ring (bicyclic) bond motifs is 2. The normalized spacial score (nSPS) is 11.2. The molecule has 0 saturated carbocycles. The second-order valence-electron chi connectivity index (χ2n) is 9.10. The Morgan fingerprint density at radius 2 is 1.19 bits per heavy atom. The molecule has 7 rings (SSSR count). The number of rotatable bonds is 4. The van der Waals surface area contributed by atoms with Crippen molar-refractivity contribution in [2.24, 2.45) is 0 Å². The minimum atomic E-state index is 0.864. The van der Waals surface area contributed by atoms with Crippen molar-refractivity contribution in [3.8, 4) is 44.6 Å². The maximum absolute atomic E-state index is 4.56. The van der Waals surface area contributed by atoms with Crippen LogP contribution >= 0.6 is 0 Å². The summed E-state index contributed by atoms with van der Waals surface area (Å²) in [6, 6.07) is 40.3. The summed E-state index contributed by atoms with van der Waals surface area (Å²) in [5, 5.41) is 10.9. The highest BCUT2D eigenvalue weighted by Gasteiger charge is 2.12. The van der Waals surface area contributed by atoms with Crippen LogP contribution in [0.5, 0.6) is 0 Å². The molecule has 7 aromatic rings. The molecule has 0 bridgehead atoms. The summed E-state index contributed by atoms with van der Waals surface area (Å²) < 4.78 is 1.99. The molecule has 0 radical (unpaired) electrons. The summed E-state index contributed by atoms with van der Waals surface area (Å²) in [5.74, 6) is 0. The molecule has 0 spiro atoms. The lowest BCUT2D eigenvalue weighted by molar-refractivity contribution is 1.10. The second-order valence-corrected chi connectivity index (χ2v) is 9.10. The molecule has 0 aliphatic carbocycles. The van der Waals surface area contributed by atoms with Gasteiger partial charge in [-0.15, -0.1) is 10.2 Å². The van der Waals surface area contributed by atoms with Crippen LogP contribution in [0.1, 0.15) is 0 Å². The largest absolute Gasteiger partial charge is 0.288 e. The lowest BCUT2D eigenvalue weighted by atomic mass is 9.96. The van der Waals surface area contributed by atoms with Crippen molar-refractivity contribution in [1.82, 2.24) is 19.6 Å². The van der Waals surface area contributed by atoms with Gasteiger partial charge in [0.25, 0.3) is 0 Å². The van der Waals surface area contributed by atoms with Crippen LogP contribution in [-0.2, 0) is 0 Å². The molecule has 3 aromatic heterocycles. The van der Waals surface area contributed by atoms with Crippen molar-refractivity contribution in [2.45, 2.75) is 0 Å². The molecule has 0 fully saturated rings. The molecule has 0 saturated heterocycles. The summed E-state index contributed by atoms with van der Waals surface area (Å²) >= 11 is 0. The SMILES string of the molecule is c1ccc(-c2cc(-c3ccc(-c4ccc(-c5c6ccccc6cn6cnnc56)cc4)cc3)ccn2)cc1. The van der Waals surface area contributed by atoms with E-state index >= 15 is 0 Å². The molecule has 0 N–H and O–H groups in total. The predicted molar refractivity (Wildman–Crippen MR) is 150 cm³/mol. The van der Waals surface area contributed by atoms with Gasteiger partial charge in [0.05, 0.1) is 5.69 Å².